The largest absolute Gasteiger partial charge is 0.497 e. The third-order valence-electron chi connectivity index (χ3n) is 10.6. The highest BCUT2D eigenvalue weighted by Gasteiger charge is 2.53. The van der Waals surface area contributed by atoms with Crippen LogP contribution in [-0.4, -0.2) is 65.3 Å². The zero-order valence-electron chi connectivity index (χ0n) is 34.4. The molecule has 0 unspecified atom stereocenters. The molecule has 0 saturated carbocycles. The van der Waals surface area contributed by atoms with Gasteiger partial charge in [0.15, 0.2) is 5.79 Å². The van der Waals surface area contributed by atoms with Crippen LogP contribution in [0.1, 0.15) is 78.4 Å². The van der Waals surface area contributed by atoms with Crippen molar-refractivity contribution in [3.8, 4) is 5.75 Å². The summed E-state index contributed by atoms with van der Waals surface area (Å²) >= 11 is 0. The van der Waals surface area contributed by atoms with Crippen LogP contribution in [0.15, 0.2) is 115 Å². The molecule has 9 heteroatoms. The number of carbonyl (C=O) groups is 1. The van der Waals surface area contributed by atoms with Crippen LogP contribution in [0.2, 0.25) is 5.04 Å². The molecule has 0 amide bonds. The first kappa shape index (κ1) is 43.4. The van der Waals surface area contributed by atoms with Gasteiger partial charge in [-0.1, -0.05) is 131 Å². The van der Waals surface area contributed by atoms with Crippen LogP contribution in [0.4, 0.5) is 0 Å². The van der Waals surface area contributed by atoms with Gasteiger partial charge < -0.3 is 37.6 Å². The lowest BCUT2D eigenvalue weighted by atomic mass is 9.90. The lowest BCUT2D eigenvalue weighted by Gasteiger charge is -2.47. The van der Waals surface area contributed by atoms with E-state index >= 15 is 0 Å². The highest BCUT2D eigenvalue weighted by molar-refractivity contribution is 6.99. The molecule has 302 valence electrons. The third-order valence-corrected chi connectivity index (χ3v) is 15.6. The van der Waals surface area contributed by atoms with E-state index in [-0.39, 0.29) is 36.4 Å². The summed E-state index contributed by atoms with van der Waals surface area (Å²) in [6.45, 7) is 14.4. The van der Waals surface area contributed by atoms with E-state index in [1.165, 1.54) is 0 Å². The molecular formula is C47H62O8Si. The predicted octanol–water partition coefficient (Wildman–Crippen LogP) is 8.63. The van der Waals surface area contributed by atoms with Crippen molar-refractivity contribution in [2.24, 2.45) is 5.92 Å². The Bertz CT molecular complexity index is 1670. The van der Waals surface area contributed by atoms with Crippen molar-refractivity contribution in [2.45, 2.75) is 116 Å². The van der Waals surface area contributed by atoms with Crippen molar-refractivity contribution in [2.75, 3.05) is 20.5 Å². The fourth-order valence-electron chi connectivity index (χ4n) is 7.91. The third kappa shape index (κ3) is 11.7. The van der Waals surface area contributed by atoms with Crippen LogP contribution in [0.5, 0.6) is 5.75 Å². The van der Waals surface area contributed by atoms with Crippen molar-refractivity contribution in [3.05, 3.63) is 126 Å². The van der Waals surface area contributed by atoms with E-state index in [1.807, 2.05) is 80.6 Å². The molecule has 1 aliphatic rings. The summed E-state index contributed by atoms with van der Waals surface area (Å²) in [6.07, 6.45) is 2.01. The monoisotopic (exact) mass is 782 g/mol. The van der Waals surface area contributed by atoms with Gasteiger partial charge in [0.2, 0.25) is 0 Å². The summed E-state index contributed by atoms with van der Waals surface area (Å²) in [4.78, 5) is 12.6. The molecule has 8 nitrogen and oxygen atoms in total. The Morgan fingerprint density at radius 1 is 0.768 bits per heavy atom. The maximum absolute atomic E-state index is 12.6. The van der Waals surface area contributed by atoms with Gasteiger partial charge in [-0.3, -0.25) is 0 Å². The van der Waals surface area contributed by atoms with Crippen LogP contribution in [-0.2, 0) is 46.1 Å². The average molecular weight is 783 g/mol. The maximum Gasteiger partial charge on any atom is 0.261 e. The normalized spacial score (nSPS) is 18.6. The Morgan fingerprint density at radius 2 is 1.32 bits per heavy atom. The number of carbonyl (C=O) groups excluding carboxylic acids is 1. The van der Waals surface area contributed by atoms with Crippen molar-refractivity contribution < 1.29 is 37.6 Å². The van der Waals surface area contributed by atoms with Crippen molar-refractivity contribution in [1.29, 1.82) is 0 Å². The Hall–Kier alpha value is -3.67. The molecular weight excluding hydrogens is 721 g/mol. The van der Waals surface area contributed by atoms with Crippen molar-refractivity contribution in [1.82, 2.24) is 0 Å². The minimum Gasteiger partial charge on any atom is -0.497 e. The number of benzene rings is 4. The van der Waals surface area contributed by atoms with Gasteiger partial charge in [-0.15, -0.1) is 0 Å². The van der Waals surface area contributed by atoms with Crippen molar-refractivity contribution >= 4 is 25.0 Å². The first-order valence-electron chi connectivity index (χ1n) is 20.0. The molecule has 0 aromatic heterocycles. The average Bonchev–Trinajstić information content (AvgIpc) is 3.49. The van der Waals surface area contributed by atoms with E-state index in [9.17, 15) is 4.79 Å². The highest BCUT2D eigenvalue weighted by atomic mass is 28.4. The number of rotatable bonds is 22. The number of hydrogen-bond donors (Lipinski definition) is 0. The zero-order valence-corrected chi connectivity index (χ0v) is 35.4. The van der Waals surface area contributed by atoms with Crippen LogP contribution in [0.25, 0.3) is 0 Å². The van der Waals surface area contributed by atoms with E-state index in [4.69, 9.17) is 32.8 Å². The van der Waals surface area contributed by atoms with Gasteiger partial charge in [-0.05, 0) is 77.7 Å². The fraction of sp³-hybridized carbons (Fsp3) is 0.468. The number of methoxy groups -OCH3 is 1. The summed E-state index contributed by atoms with van der Waals surface area (Å²) in [5.41, 5.74) is 2.16. The lowest BCUT2D eigenvalue weighted by molar-refractivity contribution is -0.158. The molecule has 0 aliphatic carbocycles. The molecule has 1 aliphatic heterocycles. The number of aldehydes is 1. The van der Waals surface area contributed by atoms with E-state index in [1.54, 1.807) is 7.11 Å². The summed E-state index contributed by atoms with van der Waals surface area (Å²) < 4.78 is 44.8. The molecule has 0 bridgehead atoms. The van der Waals surface area contributed by atoms with Crippen LogP contribution in [0, 0.1) is 5.92 Å². The van der Waals surface area contributed by atoms with Gasteiger partial charge in [0, 0.05) is 13.0 Å². The quantitative estimate of drug-likeness (QED) is 0.0340. The Morgan fingerprint density at radius 3 is 1.89 bits per heavy atom. The maximum atomic E-state index is 12.6. The van der Waals surface area contributed by atoms with E-state index in [0.717, 1.165) is 46.4 Å². The van der Waals surface area contributed by atoms with Gasteiger partial charge in [-0.2, -0.15) is 0 Å². The summed E-state index contributed by atoms with van der Waals surface area (Å²) in [6, 6.07) is 39.0. The topological polar surface area (TPSA) is 81.7 Å². The van der Waals surface area contributed by atoms with Gasteiger partial charge >= 0.3 is 0 Å². The molecule has 4 aromatic rings. The molecule has 0 N–H and O–H groups in total. The molecule has 5 rings (SSSR count). The molecule has 56 heavy (non-hydrogen) atoms. The molecule has 1 heterocycles. The van der Waals surface area contributed by atoms with E-state index < -0.39 is 26.3 Å². The summed E-state index contributed by atoms with van der Waals surface area (Å²) in [5.74, 6) is 0.00566. The van der Waals surface area contributed by atoms with Gasteiger partial charge in [0.1, 0.15) is 18.8 Å². The lowest BCUT2D eigenvalue weighted by Crippen LogP contribution is -2.68. The highest BCUT2D eigenvalue weighted by Crippen LogP contribution is 2.40. The molecule has 1 saturated heterocycles. The smallest absolute Gasteiger partial charge is 0.261 e. The fourth-order valence-corrected chi connectivity index (χ4v) is 12.6. The predicted molar refractivity (Wildman–Crippen MR) is 224 cm³/mol. The summed E-state index contributed by atoms with van der Waals surface area (Å²) in [5, 5.41) is 2.00. The van der Waals surface area contributed by atoms with Crippen LogP contribution in [0.3, 0.4) is 0 Å². The Balaban J connectivity index is 1.37. The number of ether oxygens (including phenoxy) is 6. The number of hydrogen-bond acceptors (Lipinski definition) is 8. The first-order valence-corrected chi connectivity index (χ1v) is 21.9. The second-order valence-corrected chi connectivity index (χ2v) is 20.5. The molecule has 5 atom stereocenters. The van der Waals surface area contributed by atoms with E-state index in [2.05, 4.69) is 76.2 Å². The second-order valence-electron chi connectivity index (χ2n) is 16.3. The Labute approximate surface area is 335 Å². The minimum absolute atomic E-state index is 0.0475. The minimum atomic E-state index is -3.05. The zero-order chi connectivity index (χ0) is 40.0. The van der Waals surface area contributed by atoms with Gasteiger partial charge in [-0.25, -0.2) is 0 Å². The van der Waals surface area contributed by atoms with Gasteiger partial charge in [0.25, 0.3) is 8.32 Å². The van der Waals surface area contributed by atoms with Gasteiger partial charge in [0.05, 0.1) is 44.7 Å². The first-order chi connectivity index (χ1) is 27.0. The second kappa shape index (κ2) is 20.7. The SMILES string of the molecule is COc1ccc(COCCC[C@@H]2OC(C)(C)O[C@H]2C[C@H](C)[C@@H](OCOCc2ccccc2)[C@H](CC=O)O[Si](c2ccccc2)(c2ccccc2)C(C)(C)C)cc1. The molecule has 0 radical (unpaired) electrons. The standard InChI is InChI=1S/C47H62O8Si/c1-36(32-44-42(53-47(5,6)54-44)24-17-31-50-33-38-25-27-39(49-7)28-26-38)45(52-35-51-34-37-18-11-8-12-19-37)43(29-30-48)55-56(46(2,3)4,40-20-13-9-14-21-40)41-22-15-10-16-23-41/h8-16,18-23,25-28,30,36,42-45H,17,24,29,31-35H2,1-7H3/t36-,42-,43-,44-,45+/m0/s1. The molecule has 0 spiro atoms. The van der Waals surface area contributed by atoms with E-state index in [0.29, 0.717) is 26.2 Å². The van der Waals surface area contributed by atoms with Crippen LogP contribution >= 0.6 is 0 Å². The van der Waals surface area contributed by atoms with Crippen molar-refractivity contribution in [3.63, 3.8) is 0 Å². The molecule has 1 fully saturated rings. The summed E-state index contributed by atoms with van der Waals surface area (Å²) in [7, 11) is -1.38. The Kier molecular flexibility index (Phi) is 16.0. The molecule has 4 aromatic carbocycles. The van der Waals surface area contributed by atoms with Crippen LogP contribution < -0.4 is 15.1 Å².